The lowest BCUT2D eigenvalue weighted by Crippen LogP contribution is -2.14. The summed E-state index contributed by atoms with van der Waals surface area (Å²) in [5.74, 6) is -3.49. The summed E-state index contributed by atoms with van der Waals surface area (Å²) in [7, 11) is 0. The lowest BCUT2D eigenvalue weighted by Gasteiger charge is -2.02. The first kappa shape index (κ1) is 9.77. The lowest BCUT2D eigenvalue weighted by atomic mass is 10.1. The van der Waals surface area contributed by atoms with E-state index in [1.807, 2.05) is 0 Å². The van der Waals surface area contributed by atoms with Gasteiger partial charge in [0.2, 0.25) is 0 Å². The molecule has 0 aliphatic heterocycles. The molecule has 1 aromatic carbocycles. The van der Waals surface area contributed by atoms with Crippen molar-refractivity contribution in [3.05, 3.63) is 35.4 Å². The molecule has 0 fully saturated rings. The molecule has 1 atom stereocenters. The first-order valence-electron chi connectivity index (χ1n) is 3.66. The molecule has 0 saturated heterocycles. The second-order valence-electron chi connectivity index (χ2n) is 2.58. The number of carbonyl (C=O) groups excluding carboxylic acids is 1. The molecule has 1 rings (SSSR count). The Balaban J connectivity index is 3.15. The summed E-state index contributed by atoms with van der Waals surface area (Å²) in [6.07, 6.45) is -1.82. The number of ketones is 1. The average Bonchev–Trinajstić information content (AvgIpc) is 2.08. The SMILES string of the molecule is CC(F)C(=O)c1cccc(F)c1F. The molecule has 1 unspecified atom stereocenters. The zero-order chi connectivity index (χ0) is 10.0. The summed E-state index contributed by atoms with van der Waals surface area (Å²) in [5.41, 5.74) is -0.546. The van der Waals surface area contributed by atoms with Crippen LogP contribution in [0.25, 0.3) is 0 Å². The van der Waals surface area contributed by atoms with E-state index in [0.717, 1.165) is 25.1 Å². The maximum Gasteiger partial charge on any atom is 0.199 e. The lowest BCUT2D eigenvalue weighted by molar-refractivity contribution is 0.0887. The minimum atomic E-state index is -1.82. The van der Waals surface area contributed by atoms with Gasteiger partial charge in [-0.1, -0.05) is 6.07 Å². The van der Waals surface area contributed by atoms with Gasteiger partial charge < -0.3 is 0 Å². The van der Waals surface area contributed by atoms with Crippen molar-refractivity contribution in [2.24, 2.45) is 0 Å². The minimum Gasteiger partial charge on any atom is -0.291 e. The summed E-state index contributed by atoms with van der Waals surface area (Å²) in [4.78, 5) is 10.9. The van der Waals surface area contributed by atoms with Gasteiger partial charge in [-0.3, -0.25) is 4.79 Å². The fourth-order valence-corrected chi connectivity index (χ4v) is 0.908. The van der Waals surface area contributed by atoms with Crippen molar-refractivity contribution in [2.75, 3.05) is 0 Å². The summed E-state index contributed by atoms with van der Waals surface area (Å²) in [6, 6.07) is 3.08. The summed E-state index contributed by atoms with van der Waals surface area (Å²) < 4.78 is 37.9. The largest absolute Gasteiger partial charge is 0.291 e. The van der Waals surface area contributed by atoms with Crippen LogP contribution in [0, 0.1) is 11.6 Å². The molecule has 0 bridgehead atoms. The molecule has 0 aliphatic carbocycles. The fourth-order valence-electron chi connectivity index (χ4n) is 0.908. The highest BCUT2D eigenvalue weighted by molar-refractivity contribution is 5.99. The predicted molar refractivity (Wildman–Crippen MR) is 41.3 cm³/mol. The Morgan fingerprint density at radius 3 is 2.54 bits per heavy atom. The maximum atomic E-state index is 12.8. The Morgan fingerprint density at radius 1 is 1.38 bits per heavy atom. The van der Waals surface area contributed by atoms with Crippen LogP contribution in [0.15, 0.2) is 18.2 Å². The Bertz CT molecular complexity index is 334. The molecule has 70 valence electrons. The van der Waals surface area contributed by atoms with Crippen molar-refractivity contribution in [2.45, 2.75) is 13.1 Å². The number of rotatable bonds is 2. The second-order valence-corrected chi connectivity index (χ2v) is 2.58. The Morgan fingerprint density at radius 2 is 2.00 bits per heavy atom. The van der Waals surface area contributed by atoms with Crippen molar-refractivity contribution in [3.63, 3.8) is 0 Å². The van der Waals surface area contributed by atoms with Gasteiger partial charge in [0.25, 0.3) is 0 Å². The van der Waals surface area contributed by atoms with E-state index < -0.39 is 29.2 Å². The van der Waals surface area contributed by atoms with Gasteiger partial charge in [0, 0.05) is 0 Å². The molecule has 0 spiro atoms. The van der Waals surface area contributed by atoms with Crippen LogP contribution < -0.4 is 0 Å². The number of Topliss-reactive ketones (excluding diaryl/α,β-unsaturated/α-hetero) is 1. The van der Waals surface area contributed by atoms with Crippen molar-refractivity contribution < 1.29 is 18.0 Å². The maximum absolute atomic E-state index is 12.8. The first-order chi connectivity index (χ1) is 6.04. The normalized spacial score (nSPS) is 12.6. The molecule has 1 aromatic rings. The average molecular weight is 188 g/mol. The van der Waals surface area contributed by atoms with Gasteiger partial charge in [0.05, 0.1) is 5.56 Å². The molecular weight excluding hydrogens is 181 g/mol. The van der Waals surface area contributed by atoms with E-state index in [1.165, 1.54) is 0 Å². The molecular formula is C9H7F3O. The van der Waals surface area contributed by atoms with Crippen molar-refractivity contribution in [3.8, 4) is 0 Å². The van der Waals surface area contributed by atoms with Crippen LogP contribution >= 0.6 is 0 Å². The summed E-state index contributed by atoms with van der Waals surface area (Å²) in [6.45, 7) is 0.979. The van der Waals surface area contributed by atoms with E-state index in [2.05, 4.69) is 0 Å². The molecule has 0 heterocycles. The van der Waals surface area contributed by atoms with Crippen LogP contribution in [-0.2, 0) is 0 Å². The van der Waals surface area contributed by atoms with Crippen LogP contribution in [0.2, 0.25) is 0 Å². The van der Waals surface area contributed by atoms with Crippen LogP contribution in [0.1, 0.15) is 17.3 Å². The second kappa shape index (κ2) is 3.60. The van der Waals surface area contributed by atoms with Gasteiger partial charge in [0.15, 0.2) is 23.6 Å². The Labute approximate surface area is 73.2 Å². The summed E-state index contributed by atoms with van der Waals surface area (Å²) >= 11 is 0. The van der Waals surface area contributed by atoms with Gasteiger partial charge >= 0.3 is 0 Å². The smallest absolute Gasteiger partial charge is 0.199 e. The monoisotopic (exact) mass is 188 g/mol. The molecule has 13 heavy (non-hydrogen) atoms. The third kappa shape index (κ3) is 1.88. The number of hydrogen-bond acceptors (Lipinski definition) is 1. The molecule has 1 nitrogen and oxygen atoms in total. The fraction of sp³-hybridized carbons (Fsp3) is 0.222. The number of benzene rings is 1. The van der Waals surface area contributed by atoms with E-state index in [0.29, 0.717) is 0 Å². The van der Waals surface area contributed by atoms with Crippen LogP contribution in [-0.4, -0.2) is 12.0 Å². The standard InChI is InChI=1S/C9H7F3O/c1-5(10)9(13)6-3-2-4-7(11)8(6)12/h2-5H,1H3. The Hall–Kier alpha value is -1.32. The van der Waals surface area contributed by atoms with Crippen LogP contribution in [0.3, 0.4) is 0 Å². The van der Waals surface area contributed by atoms with E-state index in [1.54, 1.807) is 0 Å². The van der Waals surface area contributed by atoms with Crippen molar-refractivity contribution >= 4 is 5.78 Å². The molecule has 4 heteroatoms. The van der Waals surface area contributed by atoms with Crippen LogP contribution in [0.4, 0.5) is 13.2 Å². The van der Waals surface area contributed by atoms with Gasteiger partial charge in [-0.15, -0.1) is 0 Å². The number of halogens is 3. The number of carbonyl (C=O) groups is 1. The van der Waals surface area contributed by atoms with Crippen LogP contribution in [0.5, 0.6) is 0 Å². The van der Waals surface area contributed by atoms with Gasteiger partial charge in [-0.2, -0.15) is 0 Å². The topological polar surface area (TPSA) is 17.1 Å². The third-order valence-electron chi connectivity index (χ3n) is 1.58. The highest BCUT2D eigenvalue weighted by Crippen LogP contribution is 2.14. The number of alkyl halides is 1. The van der Waals surface area contributed by atoms with Gasteiger partial charge in [-0.05, 0) is 19.1 Å². The highest BCUT2D eigenvalue weighted by Gasteiger charge is 2.19. The zero-order valence-electron chi connectivity index (χ0n) is 6.85. The van der Waals surface area contributed by atoms with Gasteiger partial charge in [0.1, 0.15) is 0 Å². The van der Waals surface area contributed by atoms with Crippen molar-refractivity contribution in [1.29, 1.82) is 0 Å². The zero-order valence-corrected chi connectivity index (χ0v) is 6.85. The third-order valence-corrected chi connectivity index (χ3v) is 1.58. The molecule has 0 aliphatic rings. The highest BCUT2D eigenvalue weighted by atomic mass is 19.2. The van der Waals surface area contributed by atoms with Gasteiger partial charge in [-0.25, -0.2) is 13.2 Å². The molecule has 0 amide bonds. The molecule has 0 aromatic heterocycles. The quantitative estimate of drug-likeness (QED) is 0.651. The van der Waals surface area contributed by atoms with Crippen molar-refractivity contribution in [1.82, 2.24) is 0 Å². The van der Waals surface area contributed by atoms with E-state index in [4.69, 9.17) is 0 Å². The molecule has 0 saturated carbocycles. The van der Waals surface area contributed by atoms with E-state index in [-0.39, 0.29) is 0 Å². The molecule has 0 N–H and O–H groups in total. The van der Waals surface area contributed by atoms with E-state index in [9.17, 15) is 18.0 Å². The number of hydrogen-bond donors (Lipinski definition) is 0. The predicted octanol–water partition coefficient (Wildman–Crippen LogP) is 2.51. The van der Waals surface area contributed by atoms with E-state index >= 15 is 0 Å². The minimum absolute atomic E-state index is 0.546. The Kier molecular flexibility index (Phi) is 2.70. The molecule has 0 radical (unpaired) electrons. The first-order valence-corrected chi connectivity index (χ1v) is 3.66. The summed E-state index contributed by atoms with van der Waals surface area (Å²) in [5, 5.41) is 0.